The van der Waals surface area contributed by atoms with Crippen LogP contribution in [0.1, 0.15) is 36.8 Å². The van der Waals surface area contributed by atoms with E-state index in [1.54, 1.807) is 6.92 Å². The van der Waals surface area contributed by atoms with Crippen molar-refractivity contribution in [3.05, 3.63) is 41.6 Å². The number of aromatic nitrogens is 2. The first-order valence-corrected chi connectivity index (χ1v) is 5.89. The van der Waals surface area contributed by atoms with Gasteiger partial charge in [-0.2, -0.15) is 0 Å². The molecule has 0 unspecified atom stereocenters. The molecule has 0 amide bonds. The molecule has 1 atom stereocenters. The van der Waals surface area contributed by atoms with Gasteiger partial charge in [0.05, 0.1) is 6.10 Å². The summed E-state index contributed by atoms with van der Waals surface area (Å²) in [4.78, 5) is 0. The third kappa shape index (κ3) is 2.87. The molecule has 0 saturated carbocycles. The van der Waals surface area contributed by atoms with Gasteiger partial charge in [-0.05, 0) is 12.5 Å². The summed E-state index contributed by atoms with van der Waals surface area (Å²) in [6, 6.07) is 7.40. The lowest BCUT2D eigenvalue weighted by atomic mass is 10.1. The van der Waals surface area contributed by atoms with Gasteiger partial charge >= 0.3 is 0 Å². The number of rotatable bonds is 5. The van der Waals surface area contributed by atoms with Gasteiger partial charge in [-0.15, -0.1) is 10.2 Å². The van der Waals surface area contributed by atoms with Gasteiger partial charge in [-0.3, -0.25) is 0 Å². The quantitative estimate of drug-likeness (QED) is 0.879. The van der Waals surface area contributed by atoms with E-state index < -0.39 is 6.10 Å². The van der Waals surface area contributed by atoms with Gasteiger partial charge in [0.25, 0.3) is 5.89 Å². The zero-order valence-corrected chi connectivity index (χ0v) is 10.5. The molecule has 0 radical (unpaired) electrons. The molecule has 0 spiro atoms. The number of ether oxygens (including phenoxy) is 1. The summed E-state index contributed by atoms with van der Waals surface area (Å²) in [6.45, 7) is 3.85. The second kappa shape index (κ2) is 5.64. The van der Waals surface area contributed by atoms with Crippen LogP contribution < -0.4 is 4.74 Å². The third-order valence-corrected chi connectivity index (χ3v) is 2.58. The van der Waals surface area contributed by atoms with E-state index in [1.807, 2.05) is 31.2 Å². The first-order chi connectivity index (χ1) is 8.70. The van der Waals surface area contributed by atoms with Crippen LogP contribution in [0.25, 0.3) is 0 Å². The average molecular weight is 248 g/mol. The highest BCUT2D eigenvalue weighted by atomic mass is 16.5. The van der Waals surface area contributed by atoms with E-state index in [-0.39, 0.29) is 6.61 Å². The summed E-state index contributed by atoms with van der Waals surface area (Å²) >= 11 is 0. The van der Waals surface area contributed by atoms with E-state index in [9.17, 15) is 5.11 Å². The van der Waals surface area contributed by atoms with Crippen molar-refractivity contribution >= 4 is 0 Å². The smallest absolute Gasteiger partial charge is 0.253 e. The van der Waals surface area contributed by atoms with Crippen LogP contribution in [0.5, 0.6) is 5.75 Å². The second-order valence-corrected chi connectivity index (χ2v) is 3.97. The van der Waals surface area contributed by atoms with Crippen LogP contribution in [0.4, 0.5) is 0 Å². The molecule has 0 aliphatic heterocycles. The molecule has 1 N–H and O–H groups in total. The molecule has 1 aromatic carbocycles. The Kier molecular flexibility index (Phi) is 3.94. The lowest BCUT2D eigenvalue weighted by Crippen LogP contribution is -2.02. The minimum absolute atomic E-state index is 0.203. The fraction of sp³-hybridized carbons (Fsp3) is 0.385. The van der Waals surface area contributed by atoms with Crippen LogP contribution >= 0.6 is 0 Å². The summed E-state index contributed by atoms with van der Waals surface area (Å²) in [5, 5.41) is 17.5. The van der Waals surface area contributed by atoms with Gasteiger partial charge in [0.15, 0.2) is 6.61 Å². The zero-order chi connectivity index (χ0) is 13.0. The number of nitrogens with zero attached hydrogens (tertiary/aromatic N) is 2. The molecule has 0 fully saturated rings. The number of aliphatic hydroxyl groups is 1. The van der Waals surface area contributed by atoms with E-state index in [0.717, 1.165) is 5.56 Å². The van der Waals surface area contributed by atoms with Crippen LogP contribution in [-0.4, -0.2) is 15.3 Å². The van der Waals surface area contributed by atoms with Crippen molar-refractivity contribution < 1.29 is 14.3 Å². The van der Waals surface area contributed by atoms with Gasteiger partial charge < -0.3 is 14.3 Å². The molecule has 1 aromatic heterocycles. The Morgan fingerprint density at radius 1 is 1.33 bits per heavy atom. The Morgan fingerprint density at radius 3 is 2.78 bits per heavy atom. The summed E-state index contributed by atoms with van der Waals surface area (Å²) in [5.41, 5.74) is 0.774. The van der Waals surface area contributed by atoms with E-state index in [4.69, 9.17) is 9.15 Å². The van der Waals surface area contributed by atoms with Gasteiger partial charge in [0.1, 0.15) is 5.75 Å². The first-order valence-electron chi connectivity index (χ1n) is 5.89. The molecule has 0 saturated heterocycles. The van der Waals surface area contributed by atoms with Crippen molar-refractivity contribution in [2.45, 2.75) is 33.0 Å². The summed E-state index contributed by atoms with van der Waals surface area (Å²) in [5.74, 6) is 1.58. The molecule has 0 aliphatic rings. The molecule has 1 heterocycles. The van der Waals surface area contributed by atoms with Crippen molar-refractivity contribution in [2.75, 3.05) is 0 Å². The van der Waals surface area contributed by atoms with Gasteiger partial charge in [0, 0.05) is 12.5 Å². The molecule has 2 aromatic rings. The van der Waals surface area contributed by atoms with Crippen molar-refractivity contribution in [1.29, 1.82) is 0 Å². The first kappa shape index (κ1) is 12.6. The summed E-state index contributed by atoms with van der Waals surface area (Å²) in [6.07, 6.45) is 0.116. The highest BCUT2D eigenvalue weighted by Gasteiger charge is 2.12. The van der Waals surface area contributed by atoms with Gasteiger partial charge in [-0.1, -0.05) is 25.1 Å². The van der Waals surface area contributed by atoms with Crippen molar-refractivity contribution in [3.8, 4) is 5.75 Å². The molecule has 2 rings (SSSR count). The Hall–Kier alpha value is -1.88. The highest BCUT2D eigenvalue weighted by molar-refractivity contribution is 5.34. The molecule has 18 heavy (non-hydrogen) atoms. The van der Waals surface area contributed by atoms with E-state index in [1.165, 1.54) is 0 Å². The van der Waals surface area contributed by atoms with E-state index >= 15 is 0 Å². The number of aryl methyl sites for hydroxylation is 1. The Bertz CT molecular complexity index is 510. The lowest BCUT2D eigenvalue weighted by Gasteiger charge is -2.13. The summed E-state index contributed by atoms with van der Waals surface area (Å²) in [7, 11) is 0. The van der Waals surface area contributed by atoms with Crippen molar-refractivity contribution in [3.63, 3.8) is 0 Å². The molecular weight excluding hydrogens is 232 g/mol. The topological polar surface area (TPSA) is 68.4 Å². The van der Waals surface area contributed by atoms with Crippen LogP contribution in [-0.2, 0) is 6.61 Å². The predicted octanol–water partition coefficient (Wildman–Crippen LogP) is 2.40. The lowest BCUT2D eigenvalue weighted by molar-refractivity contribution is 0.164. The zero-order valence-electron chi connectivity index (χ0n) is 10.5. The molecule has 0 bridgehead atoms. The fourth-order valence-corrected chi connectivity index (χ4v) is 1.64. The number of hydrogen-bond acceptors (Lipinski definition) is 5. The maximum absolute atomic E-state index is 9.88. The monoisotopic (exact) mass is 248 g/mol. The van der Waals surface area contributed by atoms with Crippen LogP contribution in [0, 0.1) is 6.92 Å². The van der Waals surface area contributed by atoms with Crippen LogP contribution in [0.3, 0.4) is 0 Å². The summed E-state index contributed by atoms with van der Waals surface area (Å²) < 4.78 is 10.8. The van der Waals surface area contributed by atoms with E-state index in [0.29, 0.717) is 24.0 Å². The molecule has 5 nitrogen and oxygen atoms in total. The minimum Gasteiger partial charge on any atom is -0.483 e. The fourth-order valence-electron chi connectivity index (χ4n) is 1.64. The number of benzene rings is 1. The van der Waals surface area contributed by atoms with Crippen molar-refractivity contribution in [2.24, 2.45) is 0 Å². The van der Waals surface area contributed by atoms with E-state index in [2.05, 4.69) is 10.2 Å². The Balaban J connectivity index is 2.09. The average Bonchev–Trinajstić information content (AvgIpc) is 2.81. The maximum atomic E-state index is 9.88. The van der Waals surface area contributed by atoms with Crippen molar-refractivity contribution in [1.82, 2.24) is 10.2 Å². The maximum Gasteiger partial charge on any atom is 0.253 e. The molecule has 0 aliphatic carbocycles. The highest BCUT2D eigenvalue weighted by Crippen LogP contribution is 2.27. The SMILES string of the molecule is CC[C@@H](O)c1ccccc1OCc1nnc(C)o1. The van der Waals surface area contributed by atoms with Crippen LogP contribution in [0.2, 0.25) is 0 Å². The normalized spacial score (nSPS) is 12.4. The van der Waals surface area contributed by atoms with Gasteiger partial charge in [0.2, 0.25) is 5.89 Å². The standard InChI is InChI=1S/C13H16N2O3/c1-3-11(16)10-6-4-5-7-12(10)17-8-13-15-14-9(2)18-13/h4-7,11,16H,3,8H2,1-2H3/t11-/m1/s1. The third-order valence-electron chi connectivity index (χ3n) is 2.58. The molecule has 96 valence electrons. The molecular formula is C13H16N2O3. The largest absolute Gasteiger partial charge is 0.483 e. The second-order valence-electron chi connectivity index (χ2n) is 3.97. The number of hydrogen-bond donors (Lipinski definition) is 1. The number of para-hydroxylation sites is 1. The predicted molar refractivity (Wildman–Crippen MR) is 65.1 cm³/mol. The molecule has 5 heteroatoms. The Labute approximate surface area is 105 Å². The Morgan fingerprint density at radius 2 is 2.11 bits per heavy atom. The minimum atomic E-state index is -0.523. The van der Waals surface area contributed by atoms with Gasteiger partial charge in [-0.25, -0.2) is 0 Å². The van der Waals surface area contributed by atoms with Crippen LogP contribution in [0.15, 0.2) is 28.7 Å². The number of aliphatic hydroxyl groups excluding tert-OH is 1.